The maximum Gasteiger partial charge on any atom is 0.120 e. The number of ether oxygens (including phenoxy) is 1. The molecule has 4 rings (SSSR count). The van der Waals surface area contributed by atoms with E-state index >= 15 is 0 Å². The Balaban J connectivity index is 1.33. The molecule has 0 bridgehead atoms. The van der Waals surface area contributed by atoms with Crippen LogP contribution in [-0.4, -0.2) is 53.3 Å². The van der Waals surface area contributed by atoms with E-state index in [1.54, 1.807) is 0 Å². The normalized spacial score (nSPS) is 23.6. The fourth-order valence-corrected chi connectivity index (χ4v) is 4.01. The quantitative estimate of drug-likeness (QED) is 0.938. The summed E-state index contributed by atoms with van der Waals surface area (Å²) in [6.45, 7) is 3.92. The average molecular weight is 326 g/mol. The lowest BCUT2D eigenvalue weighted by Gasteiger charge is -2.38. The van der Waals surface area contributed by atoms with Gasteiger partial charge in [0.1, 0.15) is 5.82 Å². The van der Waals surface area contributed by atoms with Crippen molar-refractivity contribution >= 4 is 5.69 Å². The summed E-state index contributed by atoms with van der Waals surface area (Å²) in [6.07, 6.45) is 7.09. The lowest BCUT2D eigenvalue weighted by molar-refractivity contribution is -0.0451. The highest BCUT2D eigenvalue weighted by Gasteiger charge is 2.43. The van der Waals surface area contributed by atoms with Crippen LogP contribution < -0.4 is 4.90 Å². The highest BCUT2D eigenvalue weighted by atomic mass is 16.5. The van der Waals surface area contributed by atoms with Gasteiger partial charge in [0.25, 0.3) is 0 Å². The number of imidazole rings is 1. The van der Waals surface area contributed by atoms with Gasteiger partial charge in [-0.3, -0.25) is 4.90 Å². The number of anilines is 1. The van der Waals surface area contributed by atoms with Gasteiger partial charge >= 0.3 is 0 Å². The zero-order valence-electron chi connectivity index (χ0n) is 14.3. The molecule has 1 spiro atoms. The van der Waals surface area contributed by atoms with Gasteiger partial charge in [-0.1, -0.05) is 18.2 Å². The minimum atomic E-state index is 0.0768. The van der Waals surface area contributed by atoms with Gasteiger partial charge in [0, 0.05) is 38.2 Å². The Labute approximate surface area is 143 Å². The third kappa shape index (κ3) is 3.19. The third-order valence-corrected chi connectivity index (χ3v) is 5.60. The minimum Gasteiger partial charge on any atom is -0.373 e. The lowest BCUT2D eigenvalue weighted by Crippen LogP contribution is -2.44. The summed E-state index contributed by atoms with van der Waals surface area (Å²) in [6, 6.07) is 11.1. The molecule has 3 heterocycles. The summed E-state index contributed by atoms with van der Waals surface area (Å²) in [7, 11) is 2.19. The molecule has 2 aliphatic rings. The van der Waals surface area contributed by atoms with Crippen molar-refractivity contribution in [3.8, 4) is 0 Å². The van der Waals surface area contributed by atoms with Crippen LogP contribution in [0.25, 0.3) is 0 Å². The third-order valence-electron chi connectivity index (χ3n) is 5.60. The Kier molecular flexibility index (Phi) is 4.29. The molecule has 2 fully saturated rings. The highest BCUT2D eigenvalue weighted by molar-refractivity contribution is 5.46. The van der Waals surface area contributed by atoms with Crippen LogP contribution in [0, 0.1) is 0 Å². The van der Waals surface area contributed by atoms with E-state index < -0.39 is 0 Å². The first-order valence-electron chi connectivity index (χ1n) is 8.87. The van der Waals surface area contributed by atoms with Crippen LogP contribution in [0.3, 0.4) is 0 Å². The smallest absolute Gasteiger partial charge is 0.120 e. The highest BCUT2D eigenvalue weighted by Crippen LogP contribution is 2.38. The molecule has 1 atom stereocenters. The van der Waals surface area contributed by atoms with E-state index in [-0.39, 0.29) is 5.60 Å². The molecule has 0 radical (unpaired) electrons. The van der Waals surface area contributed by atoms with Gasteiger partial charge in [0.15, 0.2) is 0 Å². The van der Waals surface area contributed by atoms with Crippen LogP contribution >= 0.6 is 0 Å². The SMILES string of the molecule is CN(c1ccccc1)C1COC2(CCN(Cc3ncc[nH]3)CC2)C1. The van der Waals surface area contributed by atoms with Gasteiger partial charge in [-0.25, -0.2) is 4.98 Å². The second-order valence-electron chi connectivity index (χ2n) is 7.11. The van der Waals surface area contributed by atoms with Gasteiger partial charge in [-0.2, -0.15) is 0 Å². The zero-order valence-corrected chi connectivity index (χ0v) is 14.3. The Morgan fingerprint density at radius 1 is 1.29 bits per heavy atom. The minimum absolute atomic E-state index is 0.0768. The summed E-state index contributed by atoms with van der Waals surface area (Å²) >= 11 is 0. The number of hydrogen-bond donors (Lipinski definition) is 1. The van der Waals surface area contributed by atoms with Crippen molar-refractivity contribution in [1.29, 1.82) is 0 Å². The topological polar surface area (TPSA) is 44.4 Å². The number of piperidine rings is 1. The van der Waals surface area contributed by atoms with E-state index in [0.717, 1.165) is 51.3 Å². The molecular formula is C19H26N4O. The molecule has 24 heavy (non-hydrogen) atoms. The number of benzene rings is 1. The molecule has 1 aromatic heterocycles. The standard InChI is InChI=1S/C19H26N4O/c1-22(16-5-3-2-4-6-16)17-13-19(24-15-17)7-11-23(12-8-19)14-18-20-9-10-21-18/h2-6,9-10,17H,7-8,11-15H2,1H3,(H,20,21). The first kappa shape index (κ1) is 15.7. The Morgan fingerprint density at radius 2 is 2.08 bits per heavy atom. The number of H-pyrrole nitrogens is 1. The average Bonchev–Trinajstić information content (AvgIpc) is 3.28. The molecule has 128 valence electrons. The van der Waals surface area contributed by atoms with E-state index in [0.29, 0.717) is 6.04 Å². The maximum atomic E-state index is 6.33. The van der Waals surface area contributed by atoms with Crippen molar-refractivity contribution in [2.75, 3.05) is 31.6 Å². The number of likely N-dealkylation sites (tertiary alicyclic amines) is 1. The lowest BCUT2D eigenvalue weighted by atomic mass is 9.87. The van der Waals surface area contributed by atoms with Gasteiger partial charge < -0.3 is 14.6 Å². The van der Waals surface area contributed by atoms with E-state index in [1.807, 2.05) is 12.4 Å². The summed E-state index contributed by atoms with van der Waals surface area (Å²) in [5, 5.41) is 0. The molecule has 5 nitrogen and oxygen atoms in total. The summed E-state index contributed by atoms with van der Waals surface area (Å²) in [4.78, 5) is 12.4. The zero-order chi connectivity index (χ0) is 16.4. The van der Waals surface area contributed by atoms with E-state index in [2.05, 4.69) is 57.1 Å². The summed E-state index contributed by atoms with van der Waals surface area (Å²) in [5.41, 5.74) is 1.35. The predicted molar refractivity (Wildman–Crippen MR) is 95.0 cm³/mol. The molecule has 2 saturated heterocycles. The van der Waals surface area contributed by atoms with Crippen molar-refractivity contribution in [3.63, 3.8) is 0 Å². The van der Waals surface area contributed by atoms with Crippen molar-refractivity contribution in [2.24, 2.45) is 0 Å². The number of hydrogen-bond acceptors (Lipinski definition) is 4. The monoisotopic (exact) mass is 326 g/mol. The molecule has 5 heteroatoms. The van der Waals surface area contributed by atoms with E-state index in [4.69, 9.17) is 4.74 Å². The van der Waals surface area contributed by atoms with E-state index in [1.165, 1.54) is 5.69 Å². The van der Waals surface area contributed by atoms with Crippen LogP contribution in [0.2, 0.25) is 0 Å². The summed E-state index contributed by atoms with van der Waals surface area (Å²) < 4.78 is 6.33. The molecule has 0 saturated carbocycles. The maximum absolute atomic E-state index is 6.33. The van der Waals surface area contributed by atoms with Crippen LogP contribution in [-0.2, 0) is 11.3 Å². The molecule has 2 aliphatic heterocycles. The largest absolute Gasteiger partial charge is 0.373 e. The summed E-state index contributed by atoms with van der Waals surface area (Å²) in [5.74, 6) is 1.06. The van der Waals surface area contributed by atoms with Gasteiger partial charge in [-0.15, -0.1) is 0 Å². The second-order valence-corrected chi connectivity index (χ2v) is 7.11. The fourth-order valence-electron chi connectivity index (χ4n) is 4.01. The molecular weight excluding hydrogens is 300 g/mol. The molecule has 1 unspecified atom stereocenters. The van der Waals surface area contributed by atoms with Gasteiger partial charge in [-0.05, 0) is 31.4 Å². The number of nitrogens with zero attached hydrogens (tertiary/aromatic N) is 3. The van der Waals surface area contributed by atoms with Crippen LogP contribution in [0.1, 0.15) is 25.1 Å². The molecule has 2 aromatic rings. The number of aromatic amines is 1. The first-order chi connectivity index (χ1) is 11.7. The van der Waals surface area contributed by atoms with Crippen LogP contribution in [0.5, 0.6) is 0 Å². The number of nitrogens with one attached hydrogen (secondary N) is 1. The Bertz CT molecular complexity index is 635. The van der Waals surface area contributed by atoms with Crippen LogP contribution in [0.4, 0.5) is 5.69 Å². The predicted octanol–water partition coefficient (Wildman–Crippen LogP) is 2.67. The van der Waals surface area contributed by atoms with Crippen molar-refractivity contribution in [3.05, 3.63) is 48.5 Å². The Morgan fingerprint density at radius 3 is 2.79 bits per heavy atom. The van der Waals surface area contributed by atoms with Crippen molar-refractivity contribution in [2.45, 2.75) is 37.5 Å². The fraction of sp³-hybridized carbons (Fsp3) is 0.526. The number of likely N-dealkylation sites (N-methyl/N-ethyl adjacent to an activating group) is 1. The Hall–Kier alpha value is -1.85. The second kappa shape index (κ2) is 6.57. The van der Waals surface area contributed by atoms with Crippen LogP contribution in [0.15, 0.2) is 42.7 Å². The van der Waals surface area contributed by atoms with Gasteiger partial charge in [0.05, 0.1) is 24.8 Å². The number of rotatable bonds is 4. The molecule has 1 aromatic carbocycles. The molecule has 0 amide bonds. The molecule has 1 N–H and O–H groups in total. The van der Waals surface area contributed by atoms with Gasteiger partial charge in [0.2, 0.25) is 0 Å². The first-order valence-corrected chi connectivity index (χ1v) is 8.87. The number of aromatic nitrogens is 2. The van der Waals surface area contributed by atoms with Crippen molar-refractivity contribution in [1.82, 2.24) is 14.9 Å². The number of para-hydroxylation sites is 1. The molecule has 0 aliphatic carbocycles. The van der Waals surface area contributed by atoms with Crippen molar-refractivity contribution < 1.29 is 4.74 Å². The van der Waals surface area contributed by atoms with E-state index in [9.17, 15) is 0 Å².